The van der Waals surface area contributed by atoms with Crippen molar-refractivity contribution in [3.8, 4) is 17.5 Å². The Hall–Kier alpha value is -2.89. The molecule has 0 bridgehead atoms. The molecule has 1 saturated carbocycles. The molecule has 2 aromatic heterocycles. The largest absolute Gasteiger partial charge is 0.324 e. The number of amides is 1. The number of hydrogen-bond donors (Lipinski definition) is 1. The van der Waals surface area contributed by atoms with Gasteiger partial charge in [-0.2, -0.15) is 5.26 Å². The van der Waals surface area contributed by atoms with Gasteiger partial charge in [0.15, 0.2) is 11.0 Å². The van der Waals surface area contributed by atoms with Crippen LogP contribution < -0.4 is 5.32 Å². The molecule has 9 heteroatoms. The van der Waals surface area contributed by atoms with Crippen molar-refractivity contribution < 1.29 is 4.79 Å². The summed E-state index contributed by atoms with van der Waals surface area (Å²) in [7, 11) is 0. The molecular formula is C19H15ClN6OS. The predicted molar refractivity (Wildman–Crippen MR) is 107 cm³/mol. The maximum atomic E-state index is 12.4. The number of halogens is 1. The van der Waals surface area contributed by atoms with Crippen LogP contribution in [0, 0.1) is 11.3 Å². The van der Waals surface area contributed by atoms with Crippen LogP contribution in [0.4, 0.5) is 5.69 Å². The standard InChI is InChI=1S/C19H15ClN6OS/c20-14-4-3-12(9-21)16(8-14)23-17(27)11-28-19-25-24-18(26(19)15-5-6-15)13-2-1-7-22-10-13/h1-4,7-8,10,15H,5-6,11H2,(H,23,27). The van der Waals surface area contributed by atoms with Crippen LogP contribution in [-0.2, 0) is 4.79 Å². The Morgan fingerprint density at radius 3 is 2.93 bits per heavy atom. The highest BCUT2D eigenvalue weighted by Gasteiger charge is 2.30. The van der Waals surface area contributed by atoms with Crippen LogP contribution in [0.25, 0.3) is 11.4 Å². The summed E-state index contributed by atoms with van der Waals surface area (Å²) in [5, 5.41) is 21.6. The molecule has 0 unspecified atom stereocenters. The van der Waals surface area contributed by atoms with Gasteiger partial charge in [-0.25, -0.2) is 0 Å². The SMILES string of the molecule is N#Cc1ccc(Cl)cc1NC(=O)CSc1nnc(-c2cccnc2)n1C1CC1. The quantitative estimate of drug-likeness (QED) is 0.618. The van der Waals surface area contributed by atoms with Crippen LogP contribution >= 0.6 is 23.4 Å². The van der Waals surface area contributed by atoms with Crippen molar-refractivity contribution in [1.29, 1.82) is 5.26 Å². The molecule has 2 heterocycles. The minimum atomic E-state index is -0.239. The minimum absolute atomic E-state index is 0.148. The number of rotatable bonds is 6. The topological polar surface area (TPSA) is 96.5 Å². The van der Waals surface area contributed by atoms with E-state index in [0.29, 0.717) is 27.5 Å². The molecule has 0 atom stereocenters. The Bertz CT molecular complexity index is 1060. The lowest BCUT2D eigenvalue weighted by atomic mass is 10.2. The predicted octanol–water partition coefficient (Wildman–Crippen LogP) is 3.93. The van der Waals surface area contributed by atoms with E-state index in [1.54, 1.807) is 30.6 Å². The molecule has 1 aromatic carbocycles. The summed E-state index contributed by atoms with van der Waals surface area (Å²) in [5.41, 5.74) is 1.67. The summed E-state index contributed by atoms with van der Waals surface area (Å²) in [6.45, 7) is 0. The molecular weight excluding hydrogens is 396 g/mol. The van der Waals surface area contributed by atoms with Crippen molar-refractivity contribution >= 4 is 35.0 Å². The number of nitrogens with zero attached hydrogens (tertiary/aromatic N) is 5. The lowest BCUT2D eigenvalue weighted by Crippen LogP contribution is -2.15. The molecule has 3 aromatic rings. The number of carbonyl (C=O) groups is 1. The summed E-state index contributed by atoms with van der Waals surface area (Å²) in [4.78, 5) is 16.5. The average molecular weight is 411 g/mol. The first kappa shape index (κ1) is 18.5. The Balaban J connectivity index is 1.49. The number of benzene rings is 1. The number of anilines is 1. The number of carbonyl (C=O) groups excluding carboxylic acids is 1. The van der Waals surface area contributed by atoms with Gasteiger partial charge < -0.3 is 5.32 Å². The molecule has 0 spiro atoms. The van der Waals surface area contributed by atoms with Gasteiger partial charge >= 0.3 is 0 Å². The fourth-order valence-electron chi connectivity index (χ4n) is 2.76. The first-order valence-corrected chi connectivity index (χ1v) is 9.99. The van der Waals surface area contributed by atoms with E-state index in [2.05, 4.69) is 25.1 Å². The second kappa shape index (κ2) is 8.00. The molecule has 0 radical (unpaired) electrons. The Morgan fingerprint density at radius 2 is 2.21 bits per heavy atom. The number of aromatic nitrogens is 4. The van der Waals surface area contributed by atoms with Gasteiger partial charge in [0.1, 0.15) is 6.07 Å². The van der Waals surface area contributed by atoms with Gasteiger partial charge in [-0.1, -0.05) is 23.4 Å². The molecule has 1 amide bonds. The summed E-state index contributed by atoms with van der Waals surface area (Å²) in [5.74, 6) is 0.673. The highest BCUT2D eigenvalue weighted by atomic mass is 35.5. The van der Waals surface area contributed by atoms with E-state index in [-0.39, 0.29) is 11.7 Å². The number of pyridine rings is 1. The van der Waals surface area contributed by atoms with Gasteiger partial charge in [0.25, 0.3) is 0 Å². The monoisotopic (exact) mass is 410 g/mol. The first-order chi connectivity index (χ1) is 13.7. The fourth-order valence-corrected chi connectivity index (χ4v) is 3.74. The minimum Gasteiger partial charge on any atom is -0.324 e. The highest BCUT2D eigenvalue weighted by molar-refractivity contribution is 7.99. The van der Waals surface area contributed by atoms with Crippen molar-refractivity contribution in [2.75, 3.05) is 11.1 Å². The van der Waals surface area contributed by atoms with Gasteiger partial charge in [0.05, 0.1) is 17.0 Å². The zero-order valence-corrected chi connectivity index (χ0v) is 16.2. The smallest absolute Gasteiger partial charge is 0.234 e. The number of thioether (sulfide) groups is 1. The third-order valence-corrected chi connectivity index (χ3v) is 5.38. The molecule has 1 aliphatic rings. The number of hydrogen-bond acceptors (Lipinski definition) is 6. The van der Waals surface area contributed by atoms with Crippen molar-refractivity contribution in [2.24, 2.45) is 0 Å². The molecule has 0 saturated heterocycles. The van der Waals surface area contributed by atoms with Crippen molar-refractivity contribution in [3.63, 3.8) is 0 Å². The second-order valence-electron chi connectivity index (χ2n) is 6.29. The molecule has 140 valence electrons. The van der Waals surface area contributed by atoms with E-state index >= 15 is 0 Å². The van der Waals surface area contributed by atoms with Crippen LogP contribution in [0.3, 0.4) is 0 Å². The molecule has 7 nitrogen and oxygen atoms in total. The van der Waals surface area contributed by atoms with Crippen molar-refractivity contribution in [3.05, 3.63) is 53.3 Å². The molecule has 1 aliphatic carbocycles. The summed E-state index contributed by atoms with van der Waals surface area (Å²) in [6.07, 6.45) is 5.61. The average Bonchev–Trinajstić information content (AvgIpc) is 3.46. The van der Waals surface area contributed by atoms with Crippen LogP contribution in [0.2, 0.25) is 5.02 Å². The summed E-state index contributed by atoms with van der Waals surface area (Å²) in [6, 6.07) is 11.0. The van der Waals surface area contributed by atoms with Gasteiger partial charge in [0, 0.05) is 29.0 Å². The molecule has 28 heavy (non-hydrogen) atoms. The van der Waals surface area contributed by atoms with E-state index in [0.717, 1.165) is 24.2 Å². The van der Waals surface area contributed by atoms with E-state index in [9.17, 15) is 4.79 Å². The number of nitriles is 1. The van der Waals surface area contributed by atoms with Crippen LogP contribution in [-0.4, -0.2) is 31.4 Å². The highest BCUT2D eigenvalue weighted by Crippen LogP contribution is 2.40. The Labute approximate surface area is 170 Å². The van der Waals surface area contributed by atoms with E-state index in [1.807, 2.05) is 18.2 Å². The van der Waals surface area contributed by atoms with Crippen LogP contribution in [0.1, 0.15) is 24.4 Å². The van der Waals surface area contributed by atoms with E-state index in [1.165, 1.54) is 11.8 Å². The third-order valence-electron chi connectivity index (χ3n) is 4.20. The number of nitrogens with one attached hydrogen (secondary N) is 1. The zero-order valence-electron chi connectivity index (χ0n) is 14.7. The zero-order chi connectivity index (χ0) is 19.5. The lowest BCUT2D eigenvalue weighted by Gasteiger charge is -2.09. The maximum Gasteiger partial charge on any atom is 0.234 e. The first-order valence-electron chi connectivity index (χ1n) is 8.63. The van der Waals surface area contributed by atoms with Crippen molar-refractivity contribution in [1.82, 2.24) is 19.7 Å². The molecule has 0 aliphatic heterocycles. The molecule has 1 fully saturated rings. The van der Waals surface area contributed by atoms with Gasteiger partial charge in [-0.3, -0.25) is 14.3 Å². The summed E-state index contributed by atoms with van der Waals surface area (Å²) >= 11 is 7.28. The maximum absolute atomic E-state index is 12.4. The van der Waals surface area contributed by atoms with E-state index in [4.69, 9.17) is 16.9 Å². The third kappa shape index (κ3) is 4.01. The van der Waals surface area contributed by atoms with Gasteiger partial charge in [-0.15, -0.1) is 10.2 Å². The second-order valence-corrected chi connectivity index (χ2v) is 7.67. The van der Waals surface area contributed by atoms with Gasteiger partial charge in [0.2, 0.25) is 5.91 Å². The van der Waals surface area contributed by atoms with Crippen LogP contribution in [0.5, 0.6) is 0 Å². The van der Waals surface area contributed by atoms with E-state index < -0.39 is 0 Å². The Kier molecular flexibility index (Phi) is 5.28. The normalized spacial score (nSPS) is 13.1. The fraction of sp³-hybridized carbons (Fsp3) is 0.211. The van der Waals surface area contributed by atoms with Crippen molar-refractivity contribution in [2.45, 2.75) is 24.0 Å². The molecule has 1 N–H and O–H groups in total. The lowest BCUT2D eigenvalue weighted by molar-refractivity contribution is -0.113. The molecule has 4 rings (SSSR count). The Morgan fingerprint density at radius 1 is 1.36 bits per heavy atom. The van der Waals surface area contributed by atoms with Crippen LogP contribution in [0.15, 0.2) is 47.9 Å². The summed E-state index contributed by atoms with van der Waals surface area (Å²) < 4.78 is 2.08. The van der Waals surface area contributed by atoms with Gasteiger partial charge in [-0.05, 0) is 43.2 Å².